The number of para-hydroxylation sites is 1. The summed E-state index contributed by atoms with van der Waals surface area (Å²) in [4.78, 5) is 12.1. The molecule has 1 aromatic carbocycles. The van der Waals surface area contributed by atoms with Crippen LogP contribution in [0, 0.1) is 0 Å². The van der Waals surface area contributed by atoms with Crippen LogP contribution in [0.3, 0.4) is 0 Å². The number of hydrogen-bond donors (Lipinski definition) is 2. The molecule has 1 aliphatic rings. The second-order valence-corrected chi connectivity index (χ2v) is 4.10. The van der Waals surface area contributed by atoms with Crippen LogP contribution in [-0.4, -0.2) is 41.8 Å². The van der Waals surface area contributed by atoms with Gasteiger partial charge in [-0.05, 0) is 12.1 Å². The molecule has 1 aliphatic heterocycles. The van der Waals surface area contributed by atoms with E-state index in [2.05, 4.69) is 12.0 Å². The van der Waals surface area contributed by atoms with E-state index in [1.807, 2.05) is 0 Å². The summed E-state index contributed by atoms with van der Waals surface area (Å²) in [6.07, 6.45) is 0.994. The highest BCUT2D eigenvalue weighted by atomic mass is 16.5. The summed E-state index contributed by atoms with van der Waals surface area (Å²) >= 11 is 0. The Morgan fingerprint density at radius 1 is 1.56 bits per heavy atom. The molecule has 1 amide bonds. The molecule has 1 heterocycles. The molecule has 0 spiro atoms. The third-order valence-corrected chi connectivity index (χ3v) is 2.60. The van der Waals surface area contributed by atoms with E-state index >= 15 is 0 Å². The van der Waals surface area contributed by atoms with Crippen molar-refractivity contribution in [2.45, 2.75) is 6.10 Å². The van der Waals surface area contributed by atoms with Crippen LogP contribution in [0.2, 0.25) is 0 Å². The molecule has 0 aromatic heterocycles. The summed E-state index contributed by atoms with van der Waals surface area (Å²) in [7, 11) is 0. The van der Waals surface area contributed by atoms with Crippen molar-refractivity contribution in [3.8, 4) is 5.75 Å². The van der Waals surface area contributed by atoms with Crippen molar-refractivity contribution >= 4 is 5.91 Å². The zero-order chi connectivity index (χ0) is 13.0. The summed E-state index contributed by atoms with van der Waals surface area (Å²) in [6.45, 7) is 4.53. The molecule has 2 N–H and O–H groups in total. The highest BCUT2D eigenvalue weighted by Gasteiger charge is 2.20. The first-order chi connectivity index (χ1) is 8.70. The van der Waals surface area contributed by atoms with Gasteiger partial charge >= 0.3 is 0 Å². The van der Waals surface area contributed by atoms with Crippen molar-refractivity contribution in [1.29, 1.82) is 0 Å². The average Bonchev–Trinajstić information content (AvgIpc) is 2.41. The minimum atomic E-state index is -0.670. The van der Waals surface area contributed by atoms with Crippen LogP contribution in [-0.2, 0) is 0 Å². The predicted molar refractivity (Wildman–Crippen MR) is 67.2 cm³/mol. The Balaban J connectivity index is 2.26. The zero-order valence-corrected chi connectivity index (χ0v) is 10.0. The summed E-state index contributed by atoms with van der Waals surface area (Å²) in [6, 6.07) is 6.96. The molecular weight excluding hydrogens is 232 g/mol. The molecule has 2 rings (SSSR count). The van der Waals surface area contributed by atoms with E-state index in [1.165, 1.54) is 0 Å². The lowest BCUT2D eigenvalue weighted by molar-refractivity contribution is 0.0522. The predicted octanol–water partition coefficient (Wildman–Crippen LogP) is 0.573. The van der Waals surface area contributed by atoms with Crippen LogP contribution in [0.4, 0.5) is 0 Å². The topological polar surface area (TPSA) is 61.8 Å². The lowest BCUT2D eigenvalue weighted by Gasteiger charge is -2.22. The van der Waals surface area contributed by atoms with Crippen molar-refractivity contribution in [2.24, 2.45) is 0 Å². The van der Waals surface area contributed by atoms with Crippen molar-refractivity contribution in [1.82, 2.24) is 10.4 Å². The number of amides is 1. The van der Waals surface area contributed by atoms with Gasteiger partial charge in [-0.2, -0.15) is 0 Å². The summed E-state index contributed by atoms with van der Waals surface area (Å²) in [5.74, 6) is 0.232. The number of nitrogens with one attached hydrogen (secondary N) is 1. The number of benzene rings is 1. The van der Waals surface area contributed by atoms with Gasteiger partial charge in [0.05, 0.1) is 5.56 Å². The molecule has 0 bridgehead atoms. The largest absolute Gasteiger partial charge is 0.490 e. The van der Waals surface area contributed by atoms with E-state index in [0.29, 0.717) is 24.4 Å². The molecule has 0 fully saturated rings. The Morgan fingerprint density at radius 2 is 2.33 bits per heavy atom. The fourth-order valence-electron chi connectivity index (χ4n) is 1.80. The molecule has 1 aromatic rings. The molecule has 0 aliphatic carbocycles. The maximum atomic E-state index is 12.1. The number of hydrazine groups is 1. The van der Waals surface area contributed by atoms with Gasteiger partial charge in [-0.1, -0.05) is 18.2 Å². The van der Waals surface area contributed by atoms with Crippen molar-refractivity contribution in [2.75, 3.05) is 19.7 Å². The number of hydrogen-bond acceptors (Lipinski definition) is 4. The number of fused-ring (bicyclic) bond motifs is 1. The minimum Gasteiger partial charge on any atom is -0.490 e. The normalized spacial score (nSPS) is 20.7. The third-order valence-electron chi connectivity index (χ3n) is 2.60. The van der Waals surface area contributed by atoms with E-state index in [1.54, 1.807) is 35.4 Å². The lowest BCUT2D eigenvalue weighted by Crippen LogP contribution is -2.46. The Morgan fingerprint density at radius 3 is 3.11 bits per heavy atom. The highest BCUT2D eigenvalue weighted by Crippen LogP contribution is 2.19. The number of rotatable bonds is 2. The number of carbonyl (C=O) groups is 1. The minimum absolute atomic E-state index is 0.152. The van der Waals surface area contributed by atoms with E-state index in [4.69, 9.17) is 4.74 Å². The lowest BCUT2D eigenvalue weighted by atomic mass is 10.2. The highest BCUT2D eigenvalue weighted by molar-refractivity contribution is 5.96. The summed E-state index contributed by atoms with van der Waals surface area (Å²) < 4.78 is 5.45. The van der Waals surface area contributed by atoms with Crippen LogP contribution in [0.1, 0.15) is 10.4 Å². The Bertz CT molecular complexity index is 448. The van der Waals surface area contributed by atoms with Gasteiger partial charge in [0, 0.05) is 13.1 Å². The van der Waals surface area contributed by atoms with E-state index in [0.717, 1.165) is 0 Å². The SMILES string of the molecule is C=CCN1CC(O)COc2ccccc2C(=O)N1. The monoisotopic (exact) mass is 248 g/mol. The van der Waals surface area contributed by atoms with E-state index in [-0.39, 0.29) is 12.5 Å². The number of nitrogens with zero attached hydrogens (tertiary/aromatic N) is 1. The quantitative estimate of drug-likeness (QED) is 0.751. The third kappa shape index (κ3) is 2.88. The molecule has 5 nitrogen and oxygen atoms in total. The maximum absolute atomic E-state index is 12.1. The van der Waals surface area contributed by atoms with Gasteiger partial charge in [-0.25, -0.2) is 5.01 Å². The molecule has 96 valence electrons. The molecule has 0 saturated heterocycles. The number of β-amino-alcohol motifs (C(OH)–C–C–N with tert-alkyl or cyclic N) is 1. The van der Waals surface area contributed by atoms with E-state index < -0.39 is 6.10 Å². The van der Waals surface area contributed by atoms with Crippen molar-refractivity contribution in [3.05, 3.63) is 42.5 Å². The summed E-state index contributed by atoms with van der Waals surface area (Å²) in [5, 5.41) is 11.4. The zero-order valence-electron chi connectivity index (χ0n) is 10.0. The fourth-order valence-corrected chi connectivity index (χ4v) is 1.80. The molecule has 0 saturated carbocycles. The molecule has 5 heteroatoms. The second kappa shape index (κ2) is 5.66. The van der Waals surface area contributed by atoms with Crippen LogP contribution in [0.5, 0.6) is 5.75 Å². The molecular formula is C13H16N2O3. The molecule has 1 unspecified atom stereocenters. The van der Waals surface area contributed by atoms with Gasteiger partial charge in [-0.15, -0.1) is 6.58 Å². The Labute approximate surface area is 106 Å². The smallest absolute Gasteiger partial charge is 0.269 e. The van der Waals surface area contributed by atoms with Gasteiger partial charge in [0.15, 0.2) is 0 Å². The van der Waals surface area contributed by atoms with Crippen LogP contribution < -0.4 is 10.2 Å². The van der Waals surface area contributed by atoms with Gasteiger partial charge in [0.2, 0.25) is 0 Å². The van der Waals surface area contributed by atoms with Crippen molar-refractivity contribution < 1.29 is 14.6 Å². The van der Waals surface area contributed by atoms with Crippen LogP contribution >= 0.6 is 0 Å². The fraction of sp³-hybridized carbons (Fsp3) is 0.308. The summed E-state index contributed by atoms with van der Waals surface area (Å²) in [5.41, 5.74) is 3.19. The van der Waals surface area contributed by atoms with Gasteiger partial charge in [0.25, 0.3) is 5.91 Å². The first kappa shape index (κ1) is 12.6. The van der Waals surface area contributed by atoms with E-state index in [9.17, 15) is 9.90 Å². The Hall–Kier alpha value is -1.85. The van der Waals surface area contributed by atoms with Gasteiger partial charge in [-0.3, -0.25) is 10.2 Å². The van der Waals surface area contributed by atoms with Gasteiger partial charge < -0.3 is 9.84 Å². The molecule has 18 heavy (non-hydrogen) atoms. The molecule has 1 atom stereocenters. The van der Waals surface area contributed by atoms with Crippen LogP contribution in [0.15, 0.2) is 36.9 Å². The average molecular weight is 248 g/mol. The Kier molecular flexibility index (Phi) is 3.96. The number of aliphatic hydroxyl groups is 1. The number of carbonyl (C=O) groups excluding carboxylic acids is 1. The number of ether oxygens (including phenoxy) is 1. The van der Waals surface area contributed by atoms with Crippen molar-refractivity contribution in [3.63, 3.8) is 0 Å². The standard InChI is InChI=1S/C13H16N2O3/c1-2-7-15-8-10(16)9-18-12-6-4-3-5-11(12)13(17)14-15/h2-6,10,16H,1,7-9H2,(H,14,17). The maximum Gasteiger partial charge on any atom is 0.269 e. The van der Waals surface area contributed by atoms with Crippen LogP contribution in [0.25, 0.3) is 0 Å². The second-order valence-electron chi connectivity index (χ2n) is 4.10. The first-order valence-corrected chi connectivity index (χ1v) is 5.77. The number of aliphatic hydroxyl groups excluding tert-OH is 1. The van der Waals surface area contributed by atoms with Gasteiger partial charge in [0.1, 0.15) is 18.5 Å². The molecule has 0 radical (unpaired) electrons. The first-order valence-electron chi connectivity index (χ1n) is 5.77.